The van der Waals surface area contributed by atoms with Gasteiger partial charge in [-0.15, -0.1) is 10.2 Å². The molecule has 1 aliphatic rings. The first-order chi connectivity index (χ1) is 14.2. The molecule has 150 valence electrons. The summed E-state index contributed by atoms with van der Waals surface area (Å²) in [7, 11) is 1.66. The maximum Gasteiger partial charge on any atom is 0.227 e. The second-order valence-corrected chi connectivity index (χ2v) is 7.24. The van der Waals surface area contributed by atoms with E-state index in [4.69, 9.17) is 4.74 Å². The minimum atomic E-state index is 0.109. The second kappa shape index (κ2) is 8.43. The average molecular weight is 391 g/mol. The fourth-order valence-electron chi connectivity index (χ4n) is 3.81. The van der Waals surface area contributed by atoms with Crippen LogP contribution in [0.2, 0.25) is 0 Å². The summed E-state index contributed by atoms with van der Waals surface area (Å²) < 4.78 is 5.54. The molecule has 3 aromatic rings. The van der Waals surface area contributed by atoms with Crippen molar-refractivity contribution in [2.45, 2.75) is 39.2 Å². The highest BCUT2D eigenvalue weighted by atomic mass is 16.5. The molecule has 7 heteroatoms. The summed E-state index contributed by atoms with van der Waals surface area (Å²) in [5.41, 5.74) is 4.30. The maximum absolute atomic E-state index is 13.0. The van der Waals surface area contributed by atoms with Crippen LogP contribution in [0.3, 0.4) is 0 Å². The summed E-state index contributed by atoms with van der Waals surface area (Å²) in [4.78, 5) is 16.4. The van der Waals surface area contributed by atoms with Crippen LogP contribution in [0.15, 0.2) is 42.5 Å². The largest absolute Gasteiger partial charge is 0.495 e. The molecular formula is C22H25N5O2. The maximum atomic E-state index is 13.0. The number of nitrogens with zero attached hydrogens (tertiary/aromatic N) is 5. The third kappa shape index (κ3) is 3.99. The van der Waals surface area contributed by atoms with E-state index in [1.165, 1.54) is 11.1 Å². The number of ether oxygens (including phenoxy) is 1. The number of aromatic nitrogens is 4. The lowest BCUT2D eigenvalue weighted by molar-refractivity contribution is -0.118. The molecule has 1 amide bonds. The molecule has 0 unspecified atom stereocenters. The Kier molecular flexibility index (Phi) is 5.55. The zero-order valence-electron chi connectivity index (χ0n) is 16.8. The highest BCUT2D eigenvalue weighted by Crippen LogP contribution is 2.38. The van der Waals surface area contributed by atoms with Crippen molar-refractivity contribution in [3.8, 4) is 17.1 Å². The van der Waals surface area contributed by atoms with Gasteiger partial charge in [0.1, 0.15) is 5.75 Å². The van der Waals surface area contributed by atoms with Crippen molar-refractivity contribution >= 4 is 11.6 Å². The number of aryl methyl sites for hydroxylation is 2. The first-order valence-corrected chi connectivity index (χ1v) is 9.97. The summed E-state index contributed by atoms with van der Waals surface area (Å²) in [5, 5.41) is 12.6. The summed E-state index contributed by atoms with van der Waals surface area (Å²) in [6.07, 6.45) is 3.03. The molecule has 0 saturated carbocycles. The van der Waals surface area contributed by atoms with E-state index in [2.05, 4.69) is 28.4 Å². The quantitative estimate of drug-likeness (QED) is 0.644. The van der Waals surface area contributed by atoms with Gasteiger partial charge in [-0.05, 0) is 48.6 Å². The molecule has 0 atom stereocenters. The van der Waals surface area contributed by atoms with Crippen LogP contribution in [0.25, 0.3) is 11.4 Å². The molecule has 1 aliphatic heterocycles. The van der Waals surface area contributed by atoms with Gasteiger partial charge in [-0.2, -0.15) is 4.80 Å². The van der Waals surface area contributed by atoms with Crippen molar-refractivity contribution in [3.05, 3.63) is 53.6 Å². The number of carbonyl (C=O) groups excluding carboxylic acids is 1. The molecule has 0 bridgehead atoms. The Bertz CT molecular complexity index is 1000. The van der Waals surface area contributed by atoms with Crippen LogP contribution in [0.1, 0.15) is 30.4 Å². The molecule has 0 N–H and O–H groups in total. The van der Waals surface area contributed by atoms with E-state index >= 15 is 0 Å². The summed E-state index contributed by atoms with van der Waals surface area (Å²) in [6.45, 7) is 3.37. The van der Waals surface area contributed by atoms with E-state index in [1.807, 2.05) is 41.3 Å². The number of hydrogen-bond acceptors (Lipinski definition) is 5. The second-order valence-electron chi connectivity index (χ2n) is 7.24. The lowest BCUT2D eigenvalue weighted by Gasteiger charge is -2.32. The zero-order valence-corrected chi connectivity index (χ0v) is 16.8. The number of methoxy groups -OCH3 is 1. The Hall–Kier alpha value is -3.22. The van der Waals surface area contributed by atoms with Crippen LogP contribution in [0.5, 0.6) is 5.75 Å². The van der Waals surface area contributed by atoms with Crippen molar-refractivity contribution < 1.29 is 9.53 Å². The average Bonchev–Trinajstić information content (AvgIpc) is 3.23. The lowest BCUT2D eigenvalue weighted by atomic mass is 9.96. The van der Waals surface area contributed by atoms with Gasteiger partial charge in [-0.3, -0.25) is 4.79 Å². The molecule has 1 aromatic heterocycles. The van der Waals surface area contributed by atoms with Crippen molar-refractivity contribution in [2.75, 3.05) is 18.6 Å². The number of anilines is 1. The molecule has 7 nitrogen and oxygen atoms in total. The van der Waals surface area contributed by atoms with Crippen LogP contribution in [-0.2, 0) is 17.8 Å². The highest BCUT2D eigenvalue weighted by molar-refractivity contribution is 5.96. The van der Waals surface area contributed by atoms with Crippen LogP contribution in [-0.4, -0.2) is 39.8 Å². The fourth-order valence-corrected chi connectivity index (χ4v) is 3.81. The molecule has 2 heterocycles. The van der Waals surface area contributed by atoms with Crippen molar-refractivity contribution in [3.63, 3.8) is 0 Å². The van der Waals surface area contributed by atoms with E-state index in [9.17, 15) is 4.79 Å². The molecule has 29 heavy (non-hydrogen) atoms. The Morgan fingerprint density at radius 1 is 1.17 bits per heavy atom. The van der Waals surface area contributed by atoms with Gasteiger partial charge in [0.2, 0.25) is 11.7 Å². The number of tetrazole rings is 1. The smallest absolute Gasteiger partial charge is 0.227 e. The number of amides is 1. The number of rotatable bonds is 6. The first kappa shape index (κ1) is 19.1. The van der Waals surface area contributed by atoms with Gasteiger partial charge in [-0.25, -0.2) is 0 Å². The third-order valence-corrected chi connectivity index (χ3v) is 5.31. The standard InChI is InChI=1S/C22H25N5O2/c1-16-12-13-19(29-2)21-18(16)10-6-14-26(21)20(28)11-7-15-27-24-22(23-25-27)17-8-4-3-5-9-17/h3-5,8-9,12-13H,6-7,10-11,14-15H2,1-2H3. The van der Waals surface area contributed by atoms with Crippen molar-refractivity contribution in [2.24, 2.45) is 0 Å². The van der Waals surface area contributed by atoms with E-state index in [0.717, 1.165) is 36.4 Å². The topological polar surface area (TPSA) is 73.1 Å². The lowest BCUT2D eigenvalue weighted by Crippen LogP contribution is -2.36. The normalized spacial score (nSPS) is 13.2. The van der Waals surface area contributed by atoms with Crippen LogP contribution >= 0.6 is 0 Å². The number of carbonyl (C=O) groups is 1. The number of fused-ring (bicyclic) bond motifs is 1. The first-order valence-electron chi connectivity index (χ1n) is 9.97. The minimum absolute atomic E-state index is 0.109. The monoisotopic (exact) mass is 391 g/mol. The molecule has 0 radical (unpaired) electrons. The minimum Gasteiger partial charge on any atom is -0.495 e. The Morgan fingerprint density at radius 2 is 2.00 bits per heavy atom. The third-order valence-electron chi connectivity index (χ3n) is 5.31. The highest BCUT2D eigenvalue weighted by Gasteiger charge is 2.26. The van der Waals surface area contributed by atoms with Gasteiger partial charge >= 0.3 is 0 Å². The number of hydrogen-bond donors (Lipinski definition) is 0. The molecule has 0 saturated heterocycles. The van der Waals surface area contributed by atoms with Crippen LogP contribution in [0.4, 0.5) is 5.69 Å². The molecule has 0 aliphatic carbocycles. The molecular weight excluding hydrogens is 366 g/mol. The number of benzene rings is 2. The summed E-state index contributed by atoms with van der Waals surface area (Å²) >= 11 is 0. The van der Waals surface area contributed by atoms with Gasteiger partial charge < -0.3 is 9.64 Å². The summed E-state index contributed by atoms with van der Waals surface area (Å²) in [5.74, 6) is 1.48. The Balaban J connectivity index is 1.41. The molecule has 2 aromatic carbocycles. The summed E-state index contributed by atoms with van der Waals surface area (Å²) in [6, 6.07) is 13.8. The van der Waals surface area contributed by atoms with Crippen molar-refractivity contribution in [1.29, 1.82) is 0 Å². The van der Waals surface area contributed by atoms with Crippen molar-refractivity contribution in [1.82, 2.24) is 20.2 Å². The predicted molar refractivity (Wildman–Crippen MR) is 111 cm³/mol. The predicted octanol–water partition coefficient (Wildman–Crippen LogP) is 3.42. The van der Waals surface area contributed by atoms with Gasteiger partial charge in [0.05, 0.1) is 19.3 Å². The SMILES string of the molecule is COc1ccc(C)c2c1N(C(=O)CCCn1nnc(-c3ccccc3)n1)CCC2. The van der Waals surface area contributed by atoms with E-state index in [0.29, 0.717) is 25.2 Å². The van der Waals surface area contributed by atoms with E-state index in [1.54, 1.807) is 11.9 Å². The fraction of sp³-hybridized carbons (Fsp3) is 0.364. The van der Waals surface area contributed by atoms with Gasteiger partial charge in [0.15, 0.2) is 0 Å². The molecule has 0 fully saturated rings. The van der Waals surface area contributed by atoms with E-state index in [-0.39, 0.29) is 5.91 Å². The Morgan fingerprint density at radius 3 is 2.79 bits per heavy atom. The molecule has 4 rings (SSSR count). The Labute approximate surface area is 170 Å². The van der Waals surface area contributed by atoms with Crippen LogP contribution in [0, 0.1) is 6.92 Å². The van der Waals surface area contributed by atoms with Gasteiger partial charge in [-0.1, -0.05) is 36.4 Å². The van der Waals surface area contributed by atoms with E-state index < -0.39 is 0 Å². The van der Waals surface area contributed by atoms with Gasteiger partial charge in [0.25, 0.3) is 0 Å². The van der Waals surface area contributed by atoms with Crippen LogP contribution < -0.4 is 9.64 Å². The molecule has 0 spiro atoms. The zero-order chi connectivity index (χ0) is 20.2. The van der Waals surface area contributed by atoms with Gasteiger partial charge in [0, 0.05) is 18.5 Å².